The standard InChI is InChI=1S/C27H37N5O2/c1-15(2)19-11-21-24(28-14-19)20(12-23(34)31(21)17(5)6)27(7,8)32-22(33)10-9-18-13-29-25(16(3)4)30-26(18)32/h11,13-17,20H,9-10,12H2,1-8H3. The predicted molar refractivity (Wildman–Crippen MR) is 134 cm³/mol. The lowest BCUT2D eigenvalue weighted by atomic mass is 9.76. The number of rotatable bonds is 5. The number of aromatic nitrogens is 3. The van der Waals surface area contributed by atoms with Crippen LogP contribution in [0.4, 0.5) is 11.5 Å². The number of aryl methyl sites for hydroxylation is 1. The van der Waals surface area contributed by atoms with Gasteiger partial charge in [0.2, 0.25) is 11.8 Å². The smallest absolute Gasteiger partial charge is 0.229 e. The van der Waals surface area contributed by atoms with Crippen LogP contribution in [0.2, 0.25) is 0 Å². The Morgan fingerprint density at radius 3 is 2.26 bits per heavy atom. The summed E-state index contributed by atoms with van der Waals surface area (Å²) in [6.07, 6.45) is 5.13. The third-order valence-corrected chi connectivity index (χ3v) is 7.21. The molecule has 0 N–H and O–H groups in total. The topological polar surface area (TPSA) is 79.3 Å². The van der Waals surface area contributed by atoms with E-state index in [-0.39, 0.29) is 29.7 Å². The van der Waals surface area contributed by atoms with Crippen molar-refractivity contribution in [2.75, 3.05) is 9.80 Å². The predicted octanol–water partition coefficient (Wildman–Crippen LogP) is 5.11. The van der Waals surface area contributed by atoms with Gasteiger partial charge in [0.1, 0.15) is 11.6 Å². The van der Waals surface area contributed by atoms with E-state index in [0.29, 0.717) is 31.0 Å². The molecular formula is C27H37N5O2. The van der Waals surface area contributed by atoms with Gasteiger partial charge in [-0.05, 0) is 51.7 Å². The molecule has 0 spiro atoms. The first kappa shape index (κ1) is 24.3. The summed E-state index contributed by atoms with van der Waals surface area (Å²) in [4.78, 5) is 44.8. The van der Waals surface area contributed by atoms with Crippen molar-refractivity contribution in [3.05, 3.63) is 41.1 Å². The van der Waals surface area contributed by atoms with Gasteiger partial charge in [0, 0.05) is 48.7 Å². The number of nitrogens with zero attached hydrogens (tertiary/aromatic N) is 5. The summed E-state index contributed by atoms with van der Waals surface area (Å²) in [7, 11) is 0. The molecule has 7 heteroatoms. The summed E-state index contributed by atoms with van der Waals surface area (Å²) >= 11 is 0. The van der Waals surface area contributed by atoms with Crippen molar-refractivity contribution in [1.29, 1.82) is 0 Å². The fourth-order valence-corrected chi connectivity index (χ4v) is 5.19. The maximum Gasteiger partial charge on any atom is 0.229 e. The van der Waals surface area contributed by atoms with Crippen molar-refractivity contribution in [2.45, 2.75) is 104 Å². The molecule has 0 saturated heterocycles. The molecule has 0 fully saturated rings. The SMILES string of the molecule is CC(C)c1cnc2c(c1)N(C(C)C)C(=O)CC2C(C)(C)N1C(=O)CCc2cnc(C(C)C)nc21. The Balaban J connectivity index is 1.86. The van der Waals surface area contributed by atoms with E-state index in [9.17, 15) is 9.59 Å². The summed E-state index contributed by atoms with van der Waals surface area (Å²) in [6.45, 7) is 16.5. The summed E-state index contributed by atoms with van der Waals surface area (Å²) in [5, 5.41) is 0. The van der Waals surface area contributed by atoms with Crippen molar-refractivity contribution in [3.63, 3.8) is 0 Å². The molecule has 4 heterocycles. The van der Waals surface area contributed by atoms with Gasteiger partial charge >= 0.3 is 0 Å². The number of pyridine rings is 1. The van der Waals surface area contributed by atoms with Gasteiger partial charge in [-0.1, -0.05) is 27.7 Å². The molecule has 4 rings (SSSR count). The quantitative estimate of drug-likeness (QED) is 0.616. The third kappa shape index (κ3) is 3.99. The van der Waals surface area contributed by atoms with Gasteiger partial charge in [0.05, 0.1) is 16.9 Å². The number of anilines is 2. The van der Waals surface area contributed by atoms with E-state index in [4.69, 9.17) is 9.97 Å². The fraction of sp³-hybridized carbons (Fsp3) is 0.593. The molecule has 0 bridgehead atoms. The highest BCUT2D eigenvalue weighted by Crippen LogP contribution is 2.47. The van der Waals surface area contributed by atoms with Crippen LogP contribution >= 0.6 is 0 Å². The third-order valence-electron chi connectivity index (χ3n) is 7.21. The van der Waals surface area contributed by atoms with Crippen LogP contribution in [-0.4, -0.2) is 38.3 Å². The molecule has 0 saturated carbocycles. The average molecular weight is 464 g/mol. The van der Waals surface area contributed by atoms with Crippen molar-refractivity contribution in [3.8, 4) is 0 Å². The number of hydrogen-bond acceptors (Lipinski definition) is 5. The molecule has 1 atom stereocenters. The number of fused-ring (bicyclic) bond motifs is 2. The Morgan fingerprint density at radius 2 is 1.65 bits per heavy atom. The highest BCUT2D eigenvalue weighted by molar-refractivity contribution is 6.00. The molecule has 2 aliphatic heterocycles. The van der Waals surface area contributed by atoms with Crippen LogP contribution in [0, 0.1) is 0 Å². The lowest BCUT2D eigenvalue weighted by Gasteiger charge is -2.48. The van der Waals surface area contributed by atoms with Crippen molar-refractivity contribution in [1.82, 2.24) is 15.0 Å². The summed E-state index contributed by atoms with van der Waals surface area (Å²) in [5.41, 5.74) is 3.12. The van der Waals surface area contributed by atoms with Crippen LogP contribution in [0.15, 0.2) is 18.5 Å². The number of hydrogen-bond donors (Lipinski definition) is 0. The van der Waals surface area contributed by atoms with E-state index in [1.807, 2.05) is 49.9 Å². The largest absolute Gasteiger partial charge is 0.308 e. The summed E-state index contributed by atoms with van der Waals surface area (Å²) < 4.78 is 0. The Morgan fingerprint density at radius 1 is 0.941 bits per heavy atom. The maximum absolute atomic E-state index is 13.5. The second kappa shape index (κ2) is 8.75. The second-order valence-electron chi connectivity index (χ2n) is 11.1. The summed E-state index contributed by atoms with van der Waals surface area (Å²) in [5.74, 6) is 1.71. The Bertz CT molecular complexity index is 1120. The van der Waals surface area contributed by atoms with Crippen molar-refractivity contribution >= 4 is 23.3 Å². The van der Waals surface area contributed by atoms with Crippen LogP contribution in [0.25, 0.3) is 0 Å². The maximum atomic E-state index is 13.5. The first-order chi connectivity index (χ1) is 15.9. The van der Waals surface area contributed by atoms with Crippen LogP contribution in [0.1, 0.15) is 109 Å². The molecular weight excluding hydrogens is 426 g/mol. The Kier molecular flexibility index (Phi) is 6.25. The molecule has 0 radical (unpaired) electrons. The second-order valence-corrected chi connectivity index (χ2v) is 11.1. The average Bonchev–Trinajstić information content (AvgIpc) is 2.76. The highest BCUT2D eigenvalue weighted by atomic mass is 16.2. The van der Waals surface area contributed by atoms with Gasteiger partial charge in [0.25, 0.3) is 0 Å². The van der Waals surface area contributed by atoms with Gasteiger partial charge in [-0.2, -0.15) is 0 Å². The van der Waals surface area contributed by atoms with Gasteiger partial charge < -0.3 is 4.90 Å². The normalized spacial score (nSPS) is 18.7. The molecule has 34 heavy (non-hydrogen) atoms. The Hall–Kier alpha value is -2.83. The number of carbonyl (C=O) groups excluding carboxylic acids is 2. The molecule has 0 aliphatic carbocycles. The van der Waals surface area contributed by atoms with Crippen molar-refractivity contribution in [2.24, 2.45) is 0 Å². The zero-order chi connectivity index (χ0) is 24.9. The molecule has 2 aromatic rings. The molecule has 2 amide bonds. The van der Waals surface area contributed by atoms with Gasteiger partial charge in [-0.25, -0.2) is 9.97 Å². The minimum absolute atomic E-state index is 0.0261. The zero-order valence-electron chi connectivity index (χ0n) is 21.7. The lowest BCUT2D eigenvalue weighted by Crippen LogP contribution is -2.57. The van der Waals surface area contributed by atoms with Crippen LogP contribution in [0.3, 0.4) is 0 Å². The van der Waals surface area contributed by atoms with E-state index in [0.717, 1.165) is 28.3 Å². The molecule has 182 valence electrons. The van der Waals surface area contributed by atoms with Gasteiger partial charge in [-0.3, -0.25) is 19.5 Å². The minimum Gasteiger partial charge on any atom is -0.308 e. The first-order valence-corrected chi connectivity index (χ1v) is 12.4. The molecule has 0 aromatic carbocycles. The number of amides is 2. The molecule has 7 nitrogen and oxygen atoms in total. The van der Waals surface area contributed by atoms with E-state index in [1.54, 1.807) is 0 Å². The molecule has 1 unspecified atom stereocenters. The van der Waals surface area contributed by atoms with Crippen LogP contribution in [0.5, 0.6) is 0 Å². The van der Waals surface area contributed by atoms with Gasteiger partial charge in [-0.15, -0.1) is 0 Å². The van der Waals surface area contributed by atoms with E-state index < -0.39 is 5.54 Å². The summed E-state index contributed by atoms with van der Waals surface area (Å²) in [6, 6.07) is 2.14. The van der Waals surface area contributed by atoms with Crippen LogP contribution < -0.4 is 9.80 Å². The monoisotopic (exact) mass is 463 g/mol. The van der Waals surface area contributed by atoms with E-state index >= 15 is 0 Å². The zero-order valence-corrected chi connectivity index (χ0v) is 21.7. The minimum atomic E-state index is -0.700. The molecule has 2 aliphatic rings. The Labute approximate surface area is 203 Å². The first-order valence-electron chi connectivity index (χ1n) is 12.4. The number of carbonyl (C=O) groups is 2. The van der Waals surface area contributed by atoms with Crippen molar-refractivity contribution < 1.29 is 9.59 Å². The van der Waals surface area contributed by atoms with E-state index in [2.05, 4.69) is 38.7 Å². The van der Waals surface area contributed by atoms with E-state index in [1.165, 1.54) is 0 Å². The van der Waals surface area contributed by atoms with Crippen LogP contribution in [-0.2, 0) is 16.0 Å². The highest BCUT2D eigenvalue weighted by Gasteiger charge is 2.48. The lowest BCUT2D eigenvalue weighted by molar-refractivity contribution is -0.122. The fourth-order valence-electron chi connectivity index (χ4n) is 5.19. The van der Waals surface area contributed by atoms with Gasteiger partial charge in [0.15, 0.2) is 0 Å². The molecule has 2 aromatic heterocycles.